The highest BCUT2D eigenvalue weighted by Gasteiger charge is 2.38. The molecule has 1 unspecified atom stereocenters. The average molecular weight is 415 g/mol. The topological polar surface area (TPSA) is 155 Å². The summed E-state index contributed by atoms with van der Waals surface area (Å²) in [5.74, 6) is 2.53. The van der Waals surface area contributed by atoms with Gasteiger partial charge in [0.25, 0.3) is 5.56 Å². The fourth-order valence-corrected chi connectivity index (χ4v) is 2.90. The van der Waals surface area contributed by atoms with Crippen molar-refractivity contribution >= 4 is 22.9 Å². The van der Waals surface area contributed by atoms with Crippen LogP contribution in [0.2, 0.25) is 0 Å². The molecule has 13 heteroatoms. The monoisotopic (exact) mass is 415 g/mol. The number of fused-ring (bicyclic) bond motifs is 1. The van der Waals surface area contributed by atoms with E-state index in [1.165, 1.54) is 10.8 Å². The number of aromatic amines is 1. The summed E-state index contributed by atoms with van der Waals surface area (Å²) in [5.41, 5.74) is 5.15. The number of ether oxygens (including phenoxy) is 1. The van der Waals surface area contributed by atoms with E-state index in [1.807, 2.05) is 0 Å². The third-order valence-corrected chi connectivity index (χ3v) is 4.21. The van der Waals surface area contributed by atoms with Crippen LogP contribution in [0.5, 0.6) is 0 Å². The molecule has 1 aliphatic rings. The highest BCUT2D eigenvalue weighted by molar-refractivity contribution is 5.84. The van der Waals surface area contributed by atoms with E-state index in [4.69, 9.17) is 10.5 Å². The molecule has 3 atom stereocenters. The minimum atomic E-state index is -5.03. The number of nitrogens with zero attached hydrogens (tertiary/aromatic N) is 2. The lowest BCUT2D eigenvalue weighted by molar-refractivity contribution is -0.173. The first-order valence-electron chi connectivity index (χ1n) is 8.30. The molecule has 3 rings (SSSR count). The molecule has 3 heterocycles. The van der Waals surface area contributed by atoms with Crippen LogP contribution < -0.4 is 16.6 Å². The molecule has 2 aromatic rings. The summed E-state index contributed by atoms with van der Waals surface area (Å²) in [7, 11) is 0. The first-order chi connectivity index (χ1) is 13.6. The molecule has 0 saturated carbocycles. The van der Waals surface area contributed by atoms with Gasteiger partial charge in [0.15, 0.2) is 5.65 Å². The SMILES string of the molecule is Nc1nc2c(c(C#CCNC(=O)C(F)(F)F)cn2C2C[C@H](O)[C@@H](CO)O2)c(=O)[nH]1. The summed E-state index contributed by atoms with van der Waals surface area (Å²) >= 11 is 0. The molecule has 1 aliphatic heterocycles. The van der Waals surface area contributed by atoms with E-state index >= 15 is 0 Å². The standard InChI is InChI=1S/C16H16F3N5O5/c17-16(18,19)14(28)21-3-1-2-7-5-24(10-4-8(26)9(6-25)29-10)12-11(7)13(27)23-15(20)22-12/h5,8-10,25-26H,3-4,6H2,(H,21,28)(H3,20,22,23,27)/t8-,9+,10?/m0/s1. The van der Waals surface area contributed by atoms with Gasteiger partial charge in [-0.05, 0) is 0 Å². The second kappa shape index (κ2) is 7.74. The molecule has 156 valence electrons. The minimum Gasteiger partial charge on any atom is -0.394 e. The van der Waals surface area contributed by atoms with E-state index in [9.17, 15) is 33.0 Å². The molecule has 1 fully saturated rings. The van der Waals surface area contributed by atoms with Gasteiger partial charge in [0.2, 0.25) is 5.95 Å². The van der Waals surface area contributed by atoms with Crippen LogP contribution in [-0.4, -0.2) is 62.2 Å². The highest BCUT2D eigenvalue weighted by Crippen LogP contribution is 2.32. The third kappa shape index (κ3) is 4.19. The van der Waals surface area contributed by atoms with E-state index in [0.29, 0.717) is 0 Å². The number of hydrogen-bond donors (Lipinski definition) is 5. The summed E-state index contributed by atoms with van der Waals surface area (Å²) < 4.78 is 43.5. The number of nitrogens with one attached hydrogen (secondary N) is 2. The number of hydrogen-bond acceptors (Lipinski definition) is 7. The number of carbonyl (C=O) groups excluding carboxylic acids is 1. The van der Waals surface area contributed by atoms with Gasteiger partial charge in [-0.2, -0.15) is 18.2 Å². The van der Waals surface area contributed by atoms with Gasteiger partial charge in [0.05, 0.1) is 30.2 Å². The van der Waals surface area contributed by atoms with E-state index in [1.54, 1.807) is 5.32 Å². The second-order valence-corrected chi connectivity index (χ2v) is 6.20. The normalized spacial score (nSPS) is 21.8. The maximum atomic E-state index is 12.3. The van der Waals surface area contributed by atoms with Crippen molar-refractivity contribution in [2.45, 2.75) is 31.0 Å². The van der Waals surface area contributed by atoms with Gasteiger partial charge < -0.3 is 30.6 Å². The largest absolute Gasteiger partial charge is 0.471 e. The van der Waals surface area contributed by atoms with Gasteiger partial charge in [-0.3, -0.25) is 14.6 Å². The van der Waals surface area contributed by atoms with Crippen molar-refractivity contribution in [2.75, 3.05) is 18.9 Å². The molecule has 0 aromatic carbocycles. The van der Waals surface area contributed by atoms with Crippen LogP contribution in [0.4, 0.5) is 19.1 Å². The van der Waals surface area contributed by atoms with Crippen molar-refractivity contribution in [1.29, 1.82) is 0 Å². The molecule has 0 bridgehead atoms. The Balaban J connectivity index is 1.94. The summed E-state index contributed by atoms with van der Waals surface area (Å²) in [6.07, 6.45) is -6.11. The molecule has 0 radical (unpaired) electrons. The van der Waals surface area contributed by atoms with Gasteiger partial charge in [0.1, 0.15) is 12.3 Å². The lowest BCUT2D eigenvalue weighted by Crippen LogP contribution is -2.36. The number of rotatable bonds is 3. The number of aromatic nitrogens is 3. The van der Waals surface area contributed by atoms with Gasteiger partial charge in [-0.25, -0.2) is 0 Å². The molecule has 1 saturated heterocycles. The lowest BCUT2D eigenvalue weighted by atomic mass is 10.2. The lowest BCUT2D eigenvalue weighted by Gasteiger charge is -2.14. The van der Waals surface area contributed by atoms with Crippen LogP contribution in [0.15, 0.2) is 11.0 Å². The Bertz CT molecular complexity index is 1050. The van der Waals surface area contributed by atoms with E-state index < -0.39 is 49.2 Å². The maximum Gasteiger partial charge on any atom is 0.471 e. The summed E-state index contributed by atoms with van der Waals surface area (Å²) in [6, 6.07) is 0. The second-order valence-electron chi connectivity index (χ2n) is 6.20. The molecule has 10 nitrogen and oxygen atoms in total. The number of nitrogen functional groups attached to an aromatic ring is 1. The van der Waals surface area contributed by atoms with Crippen LogP contribution in [0.25, 0.3) is 11.0 Å². The average Bonchev–Trinajstić information content (AvgIpc) is 3.17. The van der Waals surface area contributed by atoms with E-state index in [-0.39, 0.29) is 29.0 Å². The molecule has 1 amide bonds. The molecule has 6 N–H and O–H groups in total. The van der Waals surface area contributed by atoms with E-state index in [0.717, 1.165) is 0 Å². The summed E-state index contributed by atoms with van der Waals surface area (Å²) in [5, 5.41) is 20.8. The number of alkyl halides is 3. The molecule has 2 aromatic heterocycles. The zero-order chi connectivity index (χ0) is 21.3. The minimum absolute atomic E-state index is 0.0133. The predicted octanol–water partition coefficient (Wildman–Crippen LogP) is -1.02. The van der Waals surface area contributed by atoms with Crippen molar-refractivity contribution in [3.63, 3.8) is 0 Å². The molecular formula is C16H16F3N5O5. The van der Waals surface area contributed by atoms with Crippen molar-refractivity contribution < 1.29 is 32.9 Å². The fraction of sp³-hybridized carbons (Fsp3) is 0.438. The Morgan fingerprint density at radius 1 is 1.52 bits per heavy atom. The number of H-pyrrole nitrogens is 1. The Kier molecular flexibility index (Phi) is 5.51. The van der Waals surface area contributed by atoms with Gasteiger partial charge >= 0.3 is 12.1 Å². The number of halogens is 3. The zero-order valence-corrected chi connectivity index (χ0v) is 14.7. The quantitative estimate of drug-likeness (QED) is 0.402. The third-order valence-electron chi connectivity index (χ3n) is 4.21. The van der Waals surface area contributed by atoms with Crippen LogP contribution >= 0.6 is 0 Å². The first kappa shape index (κ1) is 20.6. The van der Waals surface area contributed by atoms with Crippen LogP contribution in [-0.2, 0) is 9.53 Å². The number of amides is 1. The van der Waals surface area contributed by atoms with Crippen molar-refractivity contribution in [3.8, 4) is 11.8 Å². The fourth-order valence-electron chi connectivity index (χ4n) is 2.90. The first-order valence-corrected chi connectivity index (χ1v) is 8.30. The summed E-state index contributed by atoms with van der Waals surface area (Å²) in [6.45, 7) is -1.02. The van der Waals surface area contributed by atoms with Crippen molar-refractivity contribution in [1.82, 2.24) is 19.9 Å². The Hall–Kier alpha value is -3.08. The van der Waals surface area contributed by atoms with Gasteiger partial charge in [0, 0.05) is 12.6 Å². The number of aliphatic hydroxyl groups excluding tert-OH is 2. The molecular weight excluding hydrogens is 399 g/mol. The van der Waals surface area contributed by atoms with Gasteiger partial charge in [-0.1, -0.05) is 11.8 Å². The van der Waals surface area contributed by atoms with Crippen molar-refractivity contribution in [2.24, 2.45) is 0 Å². The Morgan fingerprint density at radius 2 is 2.24 bits per heavy atom. The maximum absolute atomic E-state index is 12.3. The van der Waals surface area contributed by atoms with Crippen LogP contribution in [0.3, 0.4) is 0 Å². The molecule has 0 spiro atoms. The molecule has 0 aliphatic carbocycles. The predicted molar refractivity (Wildman–Crippen MR) is 92.3 cm³/mol. The number of nitrogens with two attached hydrogens (primary N) is 1. The number of anilines is 1. The van der Waals surface area contributed by atoms with Gasteiger partial charge in [-0.15, -0.1) is 0 Å². The Morgan fingerprint density at radius 3 is 2.86 bits per heavy atom. The smallest absolute Gasteiger partial charge is 0.394 e. The number of carbonyl (C=O) groups is 1. The van der Waals surface area contributed by atoms with Crippen LogP contribution in [0.1, 0.15) is 18.2 Å². The summed E-state index contributed by atoms with van der Waals surface area (Å²) in [4.78, 5) is 29.4. The van der Waals surface area contributed by atoms with Crippen molar-refractivity contribution in [3.05, 3.63) is 22.1 Å². The number of aliphatic hydroxyl groups is 2. The van der Waals surface area contributed by atoms with E-state index in [2.05, 4.69) is 21.8 Å². The zero-order valence-electron chi connectivity index (χ0n) is 14.7. The molecule has 29 heavy (non-hydrogen) atoms. The highest BCUT2D eigenvalue weighted by atomic mass is 19.4. The Labute approximate surface area is 160 Å². The van der Waals surface area contributed by atoms with Crippen LogP contribution in [0, 0.1) is 11.8 Å².